The SMILES string of the molecule is COc1ccc(S(N)(=O)=O)cc1C(=O)N1CCc2c(nc(C)[nH]c2=O)C1. The van der Waals surface area contributed by atoms with Gasteiger partial charge < -0.3 is 14.6 Å². The van der Waals surface area contributed by atoms with Crippen molar-refractivity contribution < 1.29 is 17.9 Å². The van der Waals surface area contributed by atoms with Crippen molar-refractivity contribution in [3.8, 4) is 5.75 Å². The summed E-state index contributed by atoms with van der Waals surface area (Å²) in [5.74, 6) is 0.290. The maximum Gasteiger partial charge on any atom is 0.258 e. The molecule has 0 radical (unpaired) electrons. The van der Waals surface area contributed by atoms with E-state index in [9.17, 15) is 18.0 Å². The zero-order chi connectivity index (χ0) is 19.1. The third-order valence-corrected chi connectivity index (χ3v) is 5.12. The molecule has 2 heterocycles. The minimum absolute atomic E-state index is 0.0871. The highest BCUT2D eigenvalue weighted by Crippen LogP contribution is 2.25. The van der Waals surface area contributed by atoms with E-state index in [0.717, 1.165) is 0 Å². The number of aromatic nitrogens is 2. The van der Waals surface area contributed by atoms with Crippen molar-refractivity contribution in [3.05, 3.63) is 51.2 Å². The van der Waals surface area contributed by atoms with Crippen molar-refractivity contribution in [2.75, 3.05) is 13.7 Å². The third-order valence-electron chi connectivity index (χ3n) is 4.21. The van der Waals surface area contributed by atoms with E-state index in [1.54, 1.807) is 6.92 Å². The minimum atomic E-state index is -3.96. The predicted molar refractivity (Wildman–Crippen MR) is 92.4 cm³/mol. The smallest absolute Gasteiger partial charge is 0.258 e. The molecule has 0 fully saturated rings. The van der Waals surface area contributed by atoms with Crippen LogP contribution in [-0.4, -0.2) is 42.8 Å². The van der Waals surface area contributed by atoms with Crippen LogP contribution in [0.5, 0.6) is 5.75 Å². The third kappa shape index (κ3) is 3.33. The second kappa shape index (κ2) is 6.54. The molecule has 3 N–H and O–H groups in total. The Kier molecular flexibility index (Phi) is 4.55. The fourth-order valence-corrected chi connectivity index (χ4v) is 3.48. The van der Waals surface area contributed by atoms with Crippen LogP contribution in [0.1, 0.15) is 27.4 Å². The zero-order valence-corrected chi connectivity index (χ0v) is 15.1. The van der Waals surface area contributed by atoms with Crippen LogP contribution < -0.4 is 15.4 Å². The number of nitrogens with two attached hydrogens (primary N) is 1. The number of carbonyl (C=O) groups is 1. The minimum Gasteiger partial charge on any atom is -0.496 e. The zero-order valence-electron chi connectivity index (χ0n) is 14.3. The van der Waals surface area contributed by atoms with E-state index in [-0.39, 0.29) is 28.3 Å². The number of ether oxygens (including phenoxy) is 1. The molecule has 0 spiro atoms. The van der Waals surface area contributed by atoms with Crippen LogP contribution in [0, 0.1) is 6.92 Å². The second-order valence-corrected chi connectivity index (χ2v) is 7.52. The molecule has 26 heavy (non-hydrogen) atoms. The van der Waals surface area contributed by atoms with Crippen LogP contribution in [0.4, 0.5) is 0 Å². The first-order chi connectivity index (χ1) is 12.2. The molecule has 2 aromatic rings. The number of hydrogen-bond donors (Lipinski definition) is 2. The van der Waals surface area contributed by atoms with Crippen molar-refractivity contribution in [2.24, 2.45) is 5.14 Å². The lowest BCUT2D eigenvalue weighted by molar-refractivity contribution is 0.0727. The quantitative estimate of drug-likeness (QED) is 0.768. The summed E-state index contributed by atoms with van der Waals surface area (Å²) in [5.41, 5.74) is 0.981. The summed E-state index contributed by atoms with van der Waals surface area (Å²) in [7, 11) is -2.57. The van der Waals surface area contributed by atoms with E-state index in [2.05, 4.69) is 9.97 Å². The molecule has 1 aliphatic heterocycles. The van der Waals surface area contributed by atoms with Gasteiger partial charge in [0.1, 0.15) is 11.6 Å². The molecule has 3 rings (SSSR count). The fourth-order valence-electron chi connectivity index (χ4n) is 2.94. The molecule has 138 valence electrons. The van der Waals surface area contributed by atoms with Gasteiger partial charge in [0, 0.05) is 12.1 Å². The number of nitrogens with zero attached hydrogens (tertiary/aromatic N) is 2. The Labute approximate surface area is 149 Å². The molecule has 1 amide bonds. The molecule has 0 saturated carbocycles. The Morgan fingerprint density at radius 1 is 1.38 bits per heavy atom. The largest absolute Gasteiger partial charge is 0.496 e. The summed E-state index contributed by atoms with van der Waals surface area (Å²) in [5, 5.41) is 5.15. The number of amides is 1. The molecule has 0 bridgehead atoms. The Balaban J connectivity index is 1.99. The summed E-state index contributed by atoms with van der Waals surface area (Å²) < 4.78 is 28.4. The summed E-state index contributed by atoms with van der Waals surface area (Å²) in [4.78, 5) is 33.2. The number of nitrogens with one attached hydrogen (secondary N) is 1. The molecule has 1 aromatic carbocycles. The Bertz CT molecular complexity index is 1050. The summed E-state index contributed by atoms with van der Waals surface area (Å²) in [6.07, 6.45) is 0.362. The van der Waals surface area contributed by atoms with Crippen LogP contribution in [0.15, 0.2) is 27.9 Å². The number of primary sulfonamides is 1. The number of fused-ring (bicyclic) bond motifs is 1. The molecule has 0 saturated heterocycles. The molecule has 10 heteroatoms. The number of methoxy groups -OCH3 is 1. The Hall–Kier alpha value is -2.72. The van der Waals surface area contributed by atoms with Crippen LogP contribution in [-0.2, 0) is 23.0 Å². The van der Waals surface area contributed by atoms with Crippen molar-refractivity contribution in [1.29, 1.82) is 0 Å². The maximum absolute atomic E-state index is 12.9. The van der Waals surface area contributed by atoms with Gasteiger partial charge in [0.2, 0.25) is 10.0 Å². The average Bonchev–Trinajstić information content (AvgIpc) is 2.59. The van der Waals surface area contributed by atoms with E-state index in [1.165, 1.54) is 30.2 Å². The van der Waals surface area contributed by atoms with Gasteiger partial charge in [-0.1, -0.05) is 0 Å². The normalized spacial score (nSPS) is 14.0. The van der Waals surface area contributed by atoms with Gasteiger partial charge in [-0.3, -0.25) is 9.59 Å². The van der Waals surface area contributed by atoms with Crippen molar-refractivity contribution >= 4 is 15.9 Å². The first kappa shape index (κ1) is 18.1. The van der Waals surface area contributed by atoms with E-state index in [1.807, 2.05) is 0 Å². The highest BCUT2D eigenvalue weighted by Gasteiger charge is 2.27. The highest BCUT2D eigenvalue weighted by molar-refractivity contribution is 7.89. The molecule has 0 unspecified atom stereocenters. The molecule has 9 nitrogen and oxygen atoms in total. The Morgan fingerprint density at radius 2 is 2.12 bits per heavy atom. The summed E-state index contributed by atoms with van der Waals surface area (Å²) >= 11 is 0. The highest BCUT2D eigenvalue weighted by atomic mass is 32.2. The molecular formula is C16H18N4O5S. The van der Waals surface area contributed by atoms with E-state index in [0.29, 0.717) is 30.0 Å². The van der Waals surface area contributed by atoms with Gasteiger partial charge in [-0.25, -0.2) is 18.5 Å². The number of rotatable bonds is 3. The number of carbonyl (C=O) groups excluding carboxylic acids is 1. The molecule has 1 aliphatic rings. The fraction of sp³-hybridized carbons (Fsp3) is 0.312. The predicted octanol–water partition coefficient (Wildman–Crippen LogP) is -0.0672. The lowest BCUT2D eigenvalue weighted by atomic mass is 10.0. The standard InChI is InChI=1S/C16H18N4O5S/c1-9-18-13-8-20(6-5-11(13)15(21)19-9)16(22)12-7-10(26(17,23)24)3-4-14(12)25-2/h3-4,7H,5-6,8H2,1-2H3,(H2,17,23,24)(H,18,19,21). The first-order valence-corrected chi connectivity index (χ1v) is 9.34. The van der Waals surface area contributed by atoms with Crippen molar-refractivity contribution in [1.82, 2.24) is 14.9 Å². The van der Waals surface area contributed by atoms with Gasteiger partial charge in [0.25, 0.3) is 11.5 Å². The van der Waals surface area contributed by atoms with E-state index in [4.69, 9.17) is 9.88 Å². The Morgan fingerprint density at radius 3 is 2.77 bits per heavy atom. The van der Waals surface area contributed by atoms with Crippen LogP contribution in [0.3, 0.4) is 0 Å². The lowest BCUT2D eigenvalue weighted by Crippen LogP contribution is -2.39. The van der Waals surface area contributed by atoms with Crippen molar-refractivity contribution in [3.63, 3.8) is 0 Å². The molecule has 0 aliphatic carbocycles. The number of hydrogen-bond acceptors (Lipinski definition) is 6. The lowest BCUT2D eigenvalue weighted by Gasteiger charge is -2.28. The van der Waals surface area contributed by atoms with Gasteiger partial charge in [-0.2, -0.15) is 0 Å². The number of aromatic amines is 1. The van der Waals surface area contributed by atoms with Gasteiger partial charge in [-0.15, -0.1) is 0 Å². The van der Waals surface area contributed by atoms with Gasteiger partial charge >= 0.3 is 0 Å². The monoisotopic (exact) mass is 378 g/mol. The van der Waals surface area contributed by atoms with Gasteiger partial charge in [-0.05, 0) is 31.5 Å². The first-order valence-electron chi connectivity index (χ1n) is 7.79. The van der Waals surface area contributed by atoms with E-state index < -0.39 is 15.9 Å². The van der Waals surface area contributed by atoms with Crippen LogP contribution in [0.2, 0.25) is 0 Å². The van der Waals surface area contributed by atoms with Gasteiger partial charge in [0.05, 0.1) is 29.8 Å². The van der Waals surface area contributed by atoms with Crippen LogP contribution in [0.25, 0.3) is 0 Å². The summed E-state index contributed by atoms with van der Waals surface area (Å²) in [6.45, 7) is 2.13. The van der Waals surface area contributed by atoms with Gasteiger partial charge in [0.15, 0.2) is 0 Å². The summed E-state index contributed by atoms with van der Waals surface area (Å²) in [6, 6.07) is 3.86. The number of benzene rings is 1. The molecule has 1 aromatic heterocycles. The van der Waals surface area contributed by atoms with E-state index >= 15 is 0 Å². The topological polar surface area (TPSA) is 135 Å². The van der Waals surface area contributed by atoms with Crippen LogP contribution >= 0.6 is 0 Å². The molecular weight excluding hydrogens is 360 g/mol. The number of aryl methyl sites for hydroxylation is 1. The number of H-pyrrole nitrogens is 1. The average molecular weight is 378 g/mol. The van der Waals surface area contributed by atoms with Crippen molar-refractivity contribution in [2.45, 2.75) is 24.8 Å². The maximum atomic E-state index is 12.9. The molecule has 0 atom stereocenters. The second-order valence-electron chi connectivity index (χ2n) is 5.96. The number of sulfonamides is 1.